The lowest BCUT2D eigenvalue weighted by Gasteiger charge is -2.24. The van der Waals surface area contributed by atoms with E-state index in [-0.39, 0.29) is 11.8 Å². The number of nitrogens with zero attached hydrogens (tertiary/aromatic N) is 3. The van der Waals surface area contributed by atoms with Crippen LogP contribution >= 0.6 is 23.3 Å². The van der Waals surface area contributed by atoms with Crippen LogP contribution in [-0.2, 0) is 9.53 Å². The molecule has 0 saturated carbocycles. The van der Waals surface area contributed by atoms with E-state index in [1.54, 1.807) is 11.3 Å². The molecule has 0 bridgehead atoms. The highest BCUT2D eigenvalue weighted by atomic mass is 32.2. The highest BCUT2D eigenvalue weighted by Crippen LogP contribution is 2.35. The molecule has 2 aromatic rings. The van der Waals surface area contributed by atoms with E-state index in [9.17, 15) is 4.79 Å². The standard InChI is InChI=1S/C18H19N3O2S2/c22-18(12-3-4-23-10-12)20-6-13-8-21(9-14(13)7-20)25-15-1-2-16-17(5-15)24-11-19-16/h1-2,5,11-12H,3-4,6-10H2/t12-/m0/s1. The molecule has 0 N–H and O–H groups in total. The highest BCUT2D eigenvalue weighted by molar-refractivity contribution is 7.97. The summed E-state index contributed by atoms with van der Waals surface area (Å²) in [6.45, 7) is 4.83. The normalized spacial score (nSPS) is 23.8. The summed E-state index contributed by atoms with van der Waals surface area (Å²) in [5, 5.41) is 0. The maximum Gasteiger partial charge on any atom is 0.228 e. The lowest BCUT2D eigenvalue weighted by Crippen LogP contribution is -2.37. The van der Waals surface area contributed by atoms with Gasteiger partial charge in [0.15, 0.2) is 0 Å². The Hall–Kier alpha value is -1.41. The number of carbonyl (C=O) groups is 1. The van der Waals surface area contributed by atoms with E-state index in [0.717, 1.165) is 44.7 Å². The summed E-state index contributed by atoms with van der Waals surface area (Å²) in [5.74, 6) is 0.360. The average molecular weight is 374 g/mol. The van der Waals surface area contributed by atoms with Crippen LogP contribution < -0.4 is 0 Å². The smallest absolute Gasteiger partial charge is 0.228 e. The Morgan fingerprint density at radius 3 is 2.84 bits per heavy atom. The van der Waals surface area contributed by atoms with Gasteiger partial charge in [-0.25, -0.2) is 9.29 Å². The minimum Gasteiger partial charge on any atom is -0.381 e. The minimum absolute atomic E-state index is 0.0802. The van der Waals surface area contributed by atoms with Crippen molar-refractivity contribution in [3.63, 3.8) is 0 Å². The number of carbonyl (C=O) groups excluding carboxylic acids is 1. The highest BCUT2D eigenvalue weighted by Gasteiger charge is 2.36. The van der Waals surface area contributed by atoms with E-state index in [4.69, 9.17) is 4.74 Å². The van der Waals surface area contributed by atoms with Gasteiger partial charge < -0.3 is 9.64 Å². The number of amides is 1. The quantitative estimate of drug-likeness (QED) is 0.612. The number of rotatable bonds is 3. The zero-order valence-corrected chi connectivity index (χ0v) is 15.4. The molecule has 4 heterocycles. The van der Waals surface area contributed by atoms with Crippen LogP contribution in [0.1, 0.15) is 6.42 Å². The Bertz CT molecular complexity index is 839. The molecule has 7 heteroatoms. The second-order valence-corrected chi connectivity index (χ2v) is 8.89. The molecule has 1 atom stereocenters. The number of hydrogen-bond donors (Lipinski definition) is 0. The predicted octanol–water partition coefficient (Wildman–Crippen LogP) is 2.79. The van der Waals surface area contributed by atoms with Crippen molar-refractivity contribution >= 4 is 39.4 Å². The van der Waals surface area contributed by atoms with E-state index in [1.807, 2.05) is 22.4 Å². The van der Waals surface area contributed by atoms with Gasteiger partial charge in [0.05, 0.1) is 28.3 Å². The molecule has 5 nitrogen and oxygen atoms in total. The van der Waals surface area contributed by atoms with Gasteiger partial charge in [-0.05, 0) is 47.7 Å². The van der Waals surface area contributed by atoms with Crippen molar-refractivity contribution in [1.29, 1.82) is 0 Å². The second-order valence-electron chi connectivity index (χ2n) is 6.83. The first-order valence-electron chi connectivity index (χ1n) is 8.59. The van der Waals surface area contributed by atoms with Gasteiger partial charge in [-0.15, -0.1) is 11.3 Å². The molecule has 0 spiro atoms. The van der Waals surface area contributed by atoms with Crippen LogP contribution in [-0.4, -0.2) is 59.5 Å². The van der Waals surface area contributed by atoms with Gasteiger partial charge in [0.25, 0.3) is 0 Å². The van der Waals surface area contributed by atoms with E-state index < -0.39 is 0 Å². The van der Waals surface area contributed by atoms with E-state index in [2.05, 4.69) is 27.5 Å². The van der Waals surface area contributed by atoms with Crippen molar-refractivity contribution in [3.8, 4) is 0 Å². The number of aromatic nitrogens is 1. The van der Waals surface area contributed by atoms with E-state index in [1.165, 1.54) is 20.7 Å². The van der Waals surface area contributed by atoms with Gasteiger partial charge in [0, 0.05) is 37.7 Å². The zero-order valence-electron chi connectivity index (χ0n) is 13.8. The van der Waals surface area contributed by atoms with Crippen molar-refractivity contribution in [2.24, 2.45) is 5.92 Å². The molecule has 1 aromatic carbocycles. The lowest BCUT2D eigenvalue weighted by molar-refractivity contribution is -0.134. The zero-order chi connectivity index (χ0) is 16.8. The number of benzene rings is 1. The average Bonchev–Trinajstić information content (AvgIpc) is 3.37. The van der Waals surface area contributed by atoms with Crippen molar-refractivity contribution in [3.05, 3.63) is 34.9 Å². The summed E-state index contributed by atoms with van der Waals surface area (Å²) in [5.41, 5.74) is 5.82. The number of hydrogen-bond acceptors (Lipinski definition) is 6. The fraction of sp³-hybridized carbons (Fsp3) is 0.444. The first-order valence-corrected chi connectivity index (χ1v) is 10.2. The maximum atomic E-state index is 12.5. The van der Waals surface area contributed by atoms with Crippen molar-refractivity contribution < 1.29 is 9.53 Å². The van der Waals surface area contributed by atoms with Crippen LogP contribution in [0.25, 0.3) is 10.2 Å². The summed E-state index contributed by atoms with van der Waals surface area (Å²) >= 11 is 3.49. The molecule has 0 unspecified atom stereocenters. The Morgan fingerprint density at radius 2 is 2.08 bits per heavy atom. The second kappa shape index (κ2) is 6.39. The van der Waals surface area contributed by atoms with Crippen LogP contribution in [0.2, 0.25) is 0 Å². The largest absolute Gasteiger partial charge is 0.381 e. The van der Waals surface area contributed by atoms with Gasteiger partial charge in [-0.1, -0.05) is 0 Å². The molecule has 3 aliphatic rings. The molecule has 25 heavy (non-hydrogen) atoms. The first-order chi connectivity index (χ1) is 12.3. The van der Waals surface area contributed by atoms with Gasteiger partial charge in [-0.2, -0.15) is 0 Å². The third kappa shape index (κ3) is 2.99. The van der Waals surface area contributed by atoms with Crippen LogP contribution in [0.3, 0.4) is 0 Å². The van der Waals surface area contributed by atoms with Gasteiger partial charge >= 0.3 is 0 Å². The van der Waals surface area contributed by atoms with Crippen molar-refractivity contribution in [2.75, 3.05) is 39.4 Å². The van der Waals surface area contributed by atoms with Gasteiger partial charge in [0.2, 0.25) is 5.91 Å². The minimum atomic E-state index is 0.0802. The maximum absolute atomic E-state index is 12.5. The molecule has 1 amide bonds. The summed E-state index contributed by atoms with van der Waals surface area (Å²) in [6, 6.07) is 6.46. The van der Waals surface area contributed by atoms with Crippen molar-refractivity contribution in [1.82, 2.24) is 14.2 Å². The number of ether oxygens (including phenoxy) is 1. The topological polar surface area (TPSA) is 45.7 Å². The third-order valence-corrected chi connectivity index (χ3v) is 6.90. The molecule has 1 aromatic heterocycles. The molecular formula is C18H19N3O2S2. The number of fused-ring (bicyclic) bond motifs is 1. The Kier molecular flexibility index (Phi) is 4.04. The monoisotopic (exact) mass is 373 g/mol. The van der Waals surface area contributed by atoms with E-state index in [0.29, 0.717) is 6.61 Å². The lowest BCUT2D eigenvalue weighted by atomic mass is 10.1. The van der Waals surface area contributed by atoms with Crippen LogP contribution in [0, 0.1) is 5.92 Å². The third-order valence-electron chi connectivity index (χ3n) is 5.13. The SMILES string of the molecule is O=C([C@H]1CCOC1)N1CC2=C(CN(Sc3ccc4ncsc4c3)C2)C1. The fourth-order valence-electron chi connectivity index (χ4n) is 3.79. The van der Waals surface area contributed by atoms with Gasteiger partial charge in [-0.3, -0.25) is 4.79 Å². The van der Waals surface area contributed by atoms with E-state index >= 15 is 0 Å². The molecule has 130 valence electrons. The molecule has 1 fully saturated rings. The molecular weight excluding hydrogens is 354 g/mol. The predicted molar refractivity (Wildman–Crippen MR) is 99.6 cm³/mol. The molecule has 1 saturated heterocycles. The molecule has 0 radical (unpaired) electrons. The summed E-state index contributed by atoms with van der Waals surface area (Å²) in [4.78, 5) is 20.2. The molecule has 3 aliphatic heterocycles. The fourth-order valence-corrected chi connectivity index (χ4v) is 5.62. The van der Waals surface area contributed by atoms with Crippen LogP contribution in [0.15, 0.2) is 39.8 Å². The Balaban J connectivity index is 1.20. The van der Waals surface area contributed by atoms with Crippen LogP contribution in [0.4, 0.5) is 0 Å². The summed E-state index contributed by atoms with van der Waals surface area (Å²) < 4.78 is 9.00. The van der Waals surface area contributed by atoms with Crippen LogP contribution in [0.5, 0.6) is 0 Å². The first kappa shape index (κ1) is 15.8. The number of thiazole rings is 1. The Labute approximate surface area is 154 Å². The Morgan fingerprint density at radius 1 is 1.24 bits per heavy atom. The van der Waals surface area contributed by atoms with Gasteiger partial charge in [0.1, 0.15) is 0 Å². The summed E-state index contributed by atoms with van der Waals surface area (Å²) in [7, 11) is 0. The molecule has 0 aliphatic carbocycles. The van der Waals surface area contributed by atoms with Crippen molar-refractivity contribution in [2.45, 2.75) is 11.3 Å². The molecule has 5 rings (SSSR count). The summed E-state index contributed by atoms with van der Waals surface area (Å²) in [6.07, 6.45) is 0.877.